The van der Waals surface area contributed by atoms with Crippen molar-refractivity contribution in [2.75, 3.05) is 19.6 Å². The predicted octanol–water partition coefficient (Wildman–Crippen LogP) is 2.61. The molecule has 1 heterocycles. The largest absolute Gasteiger partial charge is 0.480 e. The van der Waals surface area contributed by atoms with Gasteiger partial charge in [-0.15, -0.1) is 0 Å². The van der Waals surface area contributed by atoms with Gasteiger partial charge in [-0.3, -0.25) is 4.79 Å². The van der Waals surface area contributed by atoms with Crippen LogP contribution in [-0.2, 0) is 4.79 Å². The van der Waals surface area contributed by atoms with Gasteiger partial charge in [0.05, 0.1) is 0 Å². The van der Waals surface area contributed by atoms with E-state index in [1.807, 2.05) is 6.92 Å². The number of hydrogen-bond acceptors (Lipinski definition) is 3. The lowest BCUT2D eigenvalue weighted by molar-refractivity contribution is -0.143. The monoisotopic (exact) mass is 282 g/mol. The molecule has 1 spiro atoms. The van der Waals surface area contributed by atoms with Crippen LogP contribution < -0.4 is 5.73 Å². The molecule has 0 aromatic heterocycles. The first kappa shape index (κ1) is 15.8. The fourth-order valence-corrected chi connectivity index (χ4v) is 3.93. The Bertz CT molecular complexity index is 329. The Kier molecular flexibility index (Phi) is 5.08. The summed E-state index contributed by atoms with van der Waals surface area (Å²) in [6, 6.07) is 0. The highest BCUT2D eigenvalue weighted by Gasteiger charge is 2.37. The maximum Gasteiger partial charge on any atom is 0.323 e. The first-order valence-electron chi connectivity index (χ1n) is 8.24. The molecule has 1 saturated heterocycles. The van der Waals surface area contributed by atoms with Crippen molar-refractivity contribution in [1.29, 1.82) is 0 Å². The zero-order valence-corrected chi connectivity index (χ0v) is 12.9. The zero-order valence-electron chi connectivity index (χ0n) is 12.9. The average molecular weight is 282 g/mol. The van der Waals surface area contributed by atoms with E-state index >= 15 is 0 Å². The van der Waals surface area contributed by atoms with Gasteiger partial charge in [0.2, 0.25) is 0 Å². The molecule has 3 N–H and O–H groups in total. The molecule has 2 fully saturated rings. The SMILES string of the molecule is CCC(N)(CCCN1CCC2(CCCC2)CC1)C(=O)O. The third-order valence-corrected chi connectivity index (χ3v) is 5.73. The molecule has 4 heteroatoms. The van der Waals surface area contributed by atoms with Crippen molar-refractivity contribution >= 4 is 5.97 Å². The molecule has 20 heavy (non-hydrogen) atoms. The number of carboxylic acid groups (broad SMARTS) is 1. The zero-order chi connectivity index (χ0) is 14.6. The van der Waals surface area contributed by atoms with Crippen LogP contribution in [0.25, 0.3) is 0 Å². The summed E-state index contributed by atoms with van der Waals surface area (Å²) in [6.07, 6.45) is 10.4. The van der Waals surface area contributed by atoms with Crippen LogP contribution in [0.3, 0.4) is 0 Å². The predicted molar refractivity (Wildman–Crippen MR) is 80.7 cm³/mol. The van der Waals surface area contributed by atoms with Crippen LogP contribution in [0, 0.1) is 5.41 Å². The van der Waals surface area contributed by atoms with E-state index in [0.29, 0.717) is 18.3 Å². The number of rotatable bonds is 6. The summed E-state index contributed by atoms with van der Waals surface area (Å²) in [6.45, 7) is 5.24. The minimum Gasteiger partial charge on any atom is -0.480 e. The van der Waals surface area contributed by atoms with E-state index in [-0.39, 0.29) is 0 Å². The molecule has 0 radical (unpaired) electrons. The van der Waals surface area contributed by atoms with Crippen LogP contribution in [0.4, 0.5) is 0 Å². The lowest BCUT2D eigenvalue weighted by Crippen LogP contribution is -2.48. The second-order valence-corrected chi connectivity index (χ2v) is 6.97. The highest BCUT2D eigenvalue weighted by Crippen LogP contribution is 2.46. The number of aliphatic carboxylic acids is 1. The van der Waals surface area contributed by atoms with Crippen molar-refractivity contribution in [3.63, 3.8) is 0 Å². The second-order valence-electron chi connectivity index (χ2n) is 6.97. The second kappa shape index (κ2) is 6.44. The lowest BCUT2D eigenvalue weighted by atomic mass is 9.77. The molecule has 1 unspecified atom stereocenters. The third-order valence-electron chi connectivity index (χ3n) is 5.73. The van der Waals surface area contributed by atoms with E-state index in [1.54, 1.807) is 0 Å². The van der Waals surface area contributed by atoms with E-state index in [0.717, 1.165) is 13.0 Å². The summed E-state index contributed by atoms with van der Waals surface area (Å²) in [7, 11) is 0. The minimum absolute atomic E-state index is 0.505. The number of carbonyl (C=O) groups is 1. The smallest absolute Gasteiger partial charge is 0.323 e. The molecular weight excluding hydrogens is 252 g/mol. The Morgan fingerprint density at radius 1 is 1.25 bits per heavy atom. The molecule has 1 atom stereocenters. The molecular formula is C16H30N2O2. The van der Waals surface area contributed by atoms with Gasteiger partial charge in [0.25, 0.3) is 0 Å². The van der Waals surface area contributed by atoms with E-state index < -0.39 is 11.5 Å². The van der Waals surface area contributed by atoms with Gasteiger partial charge in [-0.2, -0.15) is 0 Å². The number of carboxylic acids is 1. The number of piperidine rings is 1. The Labute approximate surface area is 122 Å². The average Bonchev–Trinajstić information content (AvgIpc) is 2.89. The number of likely N-dealkylation sites (tertiary alicyclic amines) is 1. The van der Waals surface area contributed by atoms with Crippen molar-refractivity contribution in [3.8, 4) is 0 Å². The summed E-state index contributed by atoms with van der Waals surface area (Å²) < 4.78 is 0. The van der Waals surface area contributed by atoms with E-state index in [1.165, 1.54) is 51.6 Å². The van der Waals surface area contributed by atoms with Crippen LogP contribution in [-0.4, -0.2) is 41.1 Å². The van der Waals surface area contributed by atoms with Crippen LogP contribution in [0.5, 0.6) is 0 Å². The van der Waals surface area contributed by atoms with Crippen molar-refractivity contribution in [2.24, 2.45) is 11.1 Å². The minimum atomic E-state index is -1.03. The van der Waals surface area contributed by atoms with Crippen LogP contribution in [0.1, 0.15) is 64.7 Å². The van der Waals surface area contributed by atoms with E-state index in [9.17, 15) is 9.90 Å². The van der Waals surface area contributed by atoms with Crippen molar-refractivity contribution in [3.05, 3.63) is 0 Å². The van der Waals surface area contributed by atoms with Crippen molar-refractivity contribution < 1.29 is 9.90 Å². The first-order valence-corrected chi connectivity index (χ1v) is 8.24. The van der Waals surface area contributed by atoms with Crippen LogP contribution in [0.2, 0.25) is 0 Å². The molecule has 116 valence electrons. The van der Waals surface area contributed by atoms with Crippen LogP contribution >= 0.6 is 0 Å². The molecule has 1 aliphatic carbocycles. The van der Waals surface area contributed by atoms with E-state index in [2.05, 4.69) is 4.90 Å². The molecule has 4 nitrogen and oxygen atoms in total. The summed E-state index contributed by atoms with van der Waals surface area (Å²) in [5.74, 6) is -0.858. The van der Waals surface area contributed by atoms with Gasteiger partial charge in [-0.1, -0.05) is 19.8 Å². The fraction of sp³-hybridized carbons (Fsp3) is 0.938. The Hall–Kier alpha value is -0.610. The van der Waals surface area contributed by atoms with Gasteiger partial charge >= 0.3 is 5.97 Å². The summed E-state index contributed by atoms with van der Waals surface area (Å²) in [4.78, 5) is 13.7. The summed E-state index contributed by atoms with van der Waals surface area (Å²) in [5, 5.41) is 9.17. The molecule has 1 aliphatic heterocycles. The molecule has 2 aliphatic rings. The Morgan fingerprint density at radius 2 is 1.85 bits per heavy atom. The van der Waals surface area contributed by atoms with Crippen LogP contribution in [0.15, 0.2) is 0 Å². The van der Waals surface area contributed by atoms with Gasteiger partial charge in [0.1, 0.15) is 5.54 Å². The molecule has 0 aromatic carbocycles. The Morgan fingerprint density at radius 3 is 2.35 bits per heavy atom. The summed E-state index contributed by atoms with van der Waals surface area (Å²) in [5.41, 5.74) is 5.57. The number of nitrogens with two attached hydrogens (primary N) is 1. The molecule has 2 rings (SSSR count). The maximum absolute atomic E-state index is 11.2. The van der Waals surface area contributed by atoms with Gasteiger partial charge in [-0.25, -0.2) is 0 Å². The fourth-order valence-electron chi connectivity index (χ4n) is 3.93. The third kappa shape index (κ3) is 3.53. The standard InChI is InChI=1S/C16H30N2O2/c1-2-16(17,14(19)20)8-5-11-18-12-9-15(10-13-18)6-3-4-7-15/h2-13,17H2,1H3,(H,19,20). The Balaban J connectivity index is 1.70. The molecule has 0 bridgehead atoms. The van der Waals surface area contributed by atoms with E-state index in [4.69, 9.17) is 5.73 Å². The normalized spacial score (nSPS) is 25.7. The highest BCUT2D eigenvalue weighted by atomic mass is 16.4. The lowest BCUT2D eigenvalue weighted by Gasteiger charge is -2.39. The maximum atomic E-state index is 11.2. The topological polar surface area (TPSA) is 66.6 Å². The first-order chi connectivity index (χ1) is 9.50. The van der Waals surface area contributed by atoms with Gasteiger partial charge in [0, 0.05) is 0 Å². The molecule has 0 amide bonds. The molecule has 0 aromatic rings. The molecule has 1 saturated carbocycles. The van der Waals surface area contributed by atoms with Gasteiger partial charge < -0.3 is 15.7 Å². The summed E-state index contributed by atoms with van der Waals surface area (Å²) >= 11 is 0. The number of hydrogen-bond donors (Lipinski definition) is 2. The van der Waals surface area contributed by atoms with Gasteiger partial charge in [0.15, 0.2) is 0 Å². The number of nitrogens with zero attached hydrogens (tertiary/aromatic N) is 1. The highest BCUT2D eigenvalue weighted by molar-refractivity contribution is 5.78. The quantitative estimate of drug-likeness (QED) is 0.786. The van der Waals surface area contributed by atoms with Crippen molar-refractivity contribution in [2.45, 2.75) is 70.3 Å². The van der Waals surface area contributed by atoms with Gasteiger partial charge in [-0.05, 0) is 70.0 Å². The van der Waals surface area contributed by atoms with Crippen molar-refractivity contribution in [1.82, 2.24) is 4.90 Å².